The predicted molar refractivity (Wildman–Crippen MR) is 47.7 cm³/mol. The molecule has 1 heterocycles. The lowest BCUT2D eigenvalue weighted by molar-refractivity contribution is -0.0136. The van der Waals surface area contributed by atoms with Crippen LogP contribution in [0.25, 0.3) is 0 Å². The summed E-state index contributed by atoms with van der Waals surface area (Å²) in [5.41, 5.74) is 0. The van der Waals surface area contributed by atoms with E-state index >= 15 is 0 Å². The molecule has 2 unspecified atom stereocenters. The fourth-order valence-electron chi connectivity index (χ4n) is 1.18. The summed E-state index contributed by atoms with van der Waals surface area (Å²) in [5.74, 6) is 0. The lowest BCUT2D eigenvalue weighted by Gasteiger charge is -2.13. The average Bonchev–Trinajstić information content (AvgIpc) is 2.95. The molecule has 1 aliphatic heterocycles. The van der Waals surface area contributed by atoms with E-state index in [1.807, 2.05) is 0 Å². The normalized spacial score (nSPS) is 23.1. The maximum atomic E-state index is 8.43. The summed E-state index contributed by atoms with van der Waals surface area (Å²) in [7, 11) is 0. The summed E-state index contributed by atoms with van der Waals surface area (Å²) >= 11 is 0. The van der Waals surface area contributed by atoms with Gasteiger partial charge < -0.3 is 19.3 Å². The van der Waals surface area contributed by atoms with E-state index in [2.05, 4.69) is 6.92 Å². The van der Waals surface area contributed by atoms with Crippen LogP contribution < -0.4 is 0 Å². The van der Waals surface area contributed by atoms with Gasteiger partial charge in [-0.2, -0.15) is 0 Å². The maximum Gasteiger partial charge on any atom is 0.107 e. The smallest absolute Gasteiger partial charge is 0.107 e. The van der Waals surface area contributed by atoms with Crippen LogP contribution in [0.2, 0.25) is 0 Å². The molecule has 4 nitrogen and oxygen atoms in total. The fourth-order valence-corrected chi connectivity index (χ4v) is 1.18. The molecule has 4 heteroatoms. The molecule has 0 amide bonds. The zero-order valence-electron chi connectivity index (χ0n) is 8.07. The summed E-state index contributed by atoms with van der Waals surface area (Å²) in [5, 5.41) is 8.43. The summed E-state index contributed by atoms with van der Waals surface area (Å²) in [6.07, 6.45) is 1.51. The van der Waals surface area contributed by atoms with Gasteiger partial charge in [0.15, 0.2) is 0 Å². The Hall–Kier alpha value is -0.160. The first kappa shape index (κ1) is 10.9. The molecule has 0 aromatic rings. The van der Waals surface area contributed by atoms with E-state index in [9.17, 15) is 0 Å². The number of hydrogen-bond acceptors (Lipinski definition) is 4. The maximum absolute atomic E-state index is 8.43. The number of rotatable bonds is 8. The summed E-state index contributed by atoms with van der Waals surface area (Å²) in [6.45, 7) is 4.50. The van der Waals surface area contributed by atoms with Gasteiger partial charge in [-0.1, -0.05) is 6.92 Å². The quantitative estimate of drug-likeness (QED) is 0.438. The molecular formula is C9H18O4. The highest BCUT2D eigenvalue weighted by molar-refractivity contribution is 4.78. The Balaban J connectivity index is 1.90. The SMILES string of the molecule is CCC(OCCOCCO)C1CO1. The fraction of sp³-hybridized carbons (Fsp3) is 1.00. The number of epoxide rings is 1. The molecule has 1 rings (SSSR count). The van der Waals surface area contributed by atoms with E-state index in [1.165, 1.54) is 0 Å². The molecule has 13 heavy (non-hydrogen) atoms. The molecule has 0 aromatic heterocycles. The Morgan fingerprint density at radius 3 is 2.77 bits per heavy atom. The van der Waals surface area contributed by atoms with Gasteiger partial charge in [0.25, 0.3) is 0 Å². The van der Waals surface area contributed by atoms with Crippen LogP contribution in [0.15, 0.2) is 0 Å². The summed E-state index contributed by atoms with van der Waals surface area (Å²) in [6, 6.07) is 0. The van der Waals surface area contributed by atoms with E-state index in [0.29, 0.717) is 25.9 Å². The van der Waals surface area contributed by atoms with Gasteiger partial charge in [-0.3, -0.25) is 0 Å². The standard InChI is InChI=1S/C9H18O4/c1-2-8(9-7-13-9)12-6-5-11-4-3-10/h8-10H,2-7H2,1H3. The van der Waals surface area contributed by atoms with E-state index in [-0.39, 0.29) is 12.7 Å². The molecule has 1 N–H and O–H groups in total. The van der Waals surface area contributed by atoms with Gasteiger partial charge in [0, 0.05) is 0 Å². The third-order valence-corrected chi connectivity index (χ3v) is 1.97. The van der Waals surface area contributed by atoms with Crippen LogP contribution in [0.1, 0.15) is 13.3 Å². The molecular weight excluding hydrogens is 172 g/mol. The summed E-state index contributed by atoms with van der Waals surface area (Å²) < 4.78 is 15.7. The number of aliphatic hydroxyl groups excluding tert-OH is 1. The van der Waals surface area contributed by atoms with Crippen molar-refractivity contribution in [2.75, 3.05) is 33.0 Å². The molecule has 78 valence electrons. The van der Waals surface area contributed by atoms with Crippen molar-refractivity contribution in [3.63, 3.8) is 0 Å². The number of ether oxygens (including phenoxy) is 3. The second-order valence-corrected chi connectivity index (χ2v) is 3.03. The molecule has 0 aliphatic carbocycles. The monoisotopic (exact) mass is 190 g/mol. The van der Waals surface area contributed by atoms with Gasteiger partial charge in [0.1, 0.15) is 6.10 Å². The summed E-state index contributed by atoms with van der Waals surface area (Å²) in [4.78, 5) is 0. The lowest BCUT2D eigenvalue weighted by Crippen LogP contribution is -2.21. The number of hydrogen-bond donors (Lipinski definition) is 1. The van der Waals surface area contributed by atoms with Gasteiger partial charge in [-0.25, -0.2) is 0 Å². The van der Waals surface area contributed by atoms with E-state index in [0.717, 1.165) is 13.0 Å². The first-order valence-corrected chi connectivity index (χ1v) is 4.80. The van der Waals surface area contributed by atoms with Crippen molar-refractivity contribution in [3.8, 4) is 0 Å². The van der Waals surface area contributed by atoms with Crippen molar-refractivity contribution >= 4 is 0 Å². The van der Waals surface area contributed by atoms with Crippen LogP contribution in [0.5, 0.6) is 0 Å². The molecule has 0 saturated carbocycles. The topological polar surface area (TPSA) is 51.2 Å². The van der Waals surface area contributed by atoms with Crippen molar-refractivity contribution in [2.45, 2.75) is 25.6 Å². The van der Waals surface area contributed by atoms with Crippen molar-refractivity contribution < 1.29 is 19.3 Å². The van der Waals surface area contributed by atoms with Crippen LogP contribution in [-0.2, 0) is 14.2 Å². The van der Waals surface area contributed by atoms with Crippen LogP contribution in [-0.4, -0.2) is 50.3 Å². The zero-order chi connectivity index (χ0) is 9.52. The van der Waals surface area contributed by atoms with E-state index in [4.69, 9.17) is 19.3 Å². The van der Waals surface area contributed by atoms with Gasteiger partial charge in [0.05, 0.1) is 39.1 Å². The van der Waals surface area contributed by atoms with Gasteiger partial charge in [-0.15, -0.1) is 0 Å². The average molecular weight is 190 g/mol. The first-order chi connectivity index (χ1) is 6.38. The van der Waals surface area contributed by atoms with Crippen molar-refractivity contribution in [1.29, 1.82) is 0 Å². The Kier molecular flexibility index (Phi) is 5.31. The van der Waals surface area contributed by atoms with E-state index < -0.39 is 0 Å². The second kappa shape index (κ2) is 6.32. The number of aliphatic hydroxyl groups is 1. The molecule has 1 aliphatic rings. The Morgan fingerprint density at radius 2 is 2.23 bits per heavy atom. The van der Waals surface area contributed by atoms with Gasteiger partial charge in [-0.05, 0) is 6.42 Å². The zero-order valence-corrected chi connectivity index (χ0v) is 8.07. The molecule has 0 bridgehead atoms. The molecule has 0 spiro atoms. The highest BCUT2D eigenvalue weighted by Crippen LogP contribution is 2.19. The molecule has 1 saturated heterocycles. The lowest BCUT2D eigenvalue weighted by atomic mass is 10.2. The highest BCUT2D eigenvalue weighted by Gasteiger charge is 2.31. The van der Waals surface area contributed by atoms with Crippen LogP contribution in [0.3, 0.4) is 0 Å². The van der Waals surface area contributed by atoms with Crippen LogP contribution in [0.4, 0.5) is 0 Å². The Labute approximate surface area is 78.8 Å². The van der Waals surface area contributed by atoms with Gasteiger partial charge >= 0.3 is 0 Å². The first-order valence-electron chi connectivity index (χ1n) is 4.80. The van der Waals surface area contributed by atoms with E-state index in [1.54, 1.807) is 0 Å². The molecule has 2 atom stereocenters. The predicted octanol–water partition coefficient (Wildman–Crippen LogP) is 0.189. The van der Waals surface area contributed by atoms with Crippen LogP contribution in [0, 0.1) is 0 Å². The Bertz CT molecular complexity index is 125. The minimum atomic E-state index is 0.0724. The van der Waals surface area contributed by atoms with Crippen molar-refractivity contribution in [2.24, 2.45) is 0 Å². The second-order valence-electron chi connectivity index (χ2n) is 3.03. The van der Waals surface area contributed by atoms with Crippen molar-refractivity contribution in [3.05, 3.63) is 0 Å². The van der Waals surface area contributed by atoms with Crippen molar-refractivity contribution in [1.82, 2.24) is 0 Å². The molecule has 0 aromatic carbocycles. The minimum Gasteiger partial charge on any atom is -0.394 e. The third kappa shape index (κ3) is 4.57. The van der Waals surface area contributed by atoms with Gasteiger partial charge in [0.2, 0.25) is 0 Å². The van der Waals surface area contributed by atoms with Crippen LogP contribution >= 0.6 is 0 Å². The highest BCUT2D eigenvalue weighted by atomic mass is 16.6. The largest absolute Gasteiger partial charge is 0.394 e. The minimum absolute atomic E-state index is 0.0724. The Morgan fingerprint density at radius 1 is 1.46 bits per heavy atom. The molecule has 1 fully saturated rings. The third-order valence-electron chi connectivity index (χ3n) is 1.97. The molecule has 0 radical (unpaired) electrons.